The van der Waals surface area contributed by atoms with Gasteiger partial charge in [0.1, 0.15) is 0 Å². The minimum absolute atomic E-state index is 0.0635. The molecule has 0 aliphatic heterocycles. The zero-order chi connectivity index (χ0) is 31.7. The van der Waals surface area contributed by atoms with Crippen molar-refractivity contribution >= 4 is 23.7 Å². The first kappa shape index (κ1) is 34.0. The normalized spacial score (nSPS) is 12.5. The molecular weight excluding hydrogens is 580 g/mol. The van der Waals surface area contributed by atoms with Crippen molar-refractivity contribution in [3.05, 3.63) is 143 Å². The van der Waals surface area contributed by atoms with Crippen molar-refractivity contribution < 1.29 is 24.5 Å². The zero-order valence-corrected chi connectivity index (χ0v) is 26.6. The quantitative estimate of drug-likeness (QED) is 0.0802. The first-order chi connectivity index (χ1) is 22.0. The summed E-state index contributed by atoms with van der Waals surface area (Å²) in [5.41, 5.74) is 4.94. The number of esters is 1. The van der Waals surface area contributed by atoms with Gasteiger partial charge < -0.3 is 14.9 Å². The molecule has 0 aromatic heterocycles. The van der Waals surface area contributed by atoms with E-state index in [0.29, 0.717) is 0 Å². The Morgan fingerprint density at radius 1 is 0.644 bits per heavy atom. The van der Waals surface area contributed by atoms with Crippen molar-refractivity contribution in [3.8, 4) is 0 Å². The Morgan fingerprint density at radius 2 is 1.16 bits per heavy atom. The van der Waals surface area contributed by atoms with E-state index in [4.69, 9.17) is 4.74 Å². The summed E-state index contributed by atoms with van der Waals surface area (Å²) in [6, 6.07) is 37.5. The number of aliphatic carboxylic acids is 1. The molecule has 0 aliphatic carbocycles. The predicted octanol–water partition coefficient (Wildman–Crippen LogP) is 8.76. The maximum Gasteiger partial charge on any atom is 0.337 e. The molecule has 0 saturated carbocycles. The number of benzene rings is 4. The smallest absolute Gasteiger partial charge is 0.337 e. The van der Waals surface area contributed by atoms with E-state index in [9.17, 15) is 19.8 Å². The number of hydrogen-bond donors (Lipinski definition) is 2. The summed E-state index contributed by atoms with van der Waals surface area (Å²) in [6.45, 7) is 0. The van der Waals surface area contributed by atoms with Crippen molar-refractivity contribution in [2.45, 2.75) is 75.2 Å². The second-order valence-corrected chi connectivity index (χ2v) is 12.6. The highest BCUT2D eigenvalue weighted by molar-refractivity contribution is 7.99. The molecule has 0 heterocycles. The minimum Gasteiger partial charge on any atom is -0.481 e. The topological polar surface area (TPSA) is 83.8 Å². The monoisotopic (exact) mass is 624 g/mol. The molecule has 2 atom stereocenters. The molecule has 5 nitrogen and oxygen atoms in total. The number of aryl methyl sites for hydroxylation is 2. The highest BCUT2D eigenvalue weighted by atomic mass is 32.2. The first-order valence-electron chi connectivity index (χ1n) is 16.0. The van der Waals surface area contributed by atoms with Crippen LogP contribution in [0.2, 0.25) is 0 Å². The van der Waals surface area contributed by atoms with Gasteiger partial charge in [-0.05, 0) is 53.5 Å². The molecule has 4 rings (SSSR count). The third-order valence-corrected chi connectivity index (χ3v) is 9.26. The molecule has 4 aromatic rings. The van der Waals surface area contributed by atoms with Crippen LogP contribution >= 0.6 is 11.8 Å². The lowest BCUT2D eigenvalue weighted by Gasteiger charge is -2.26. The lowest BCUT2D eigenvalue weighted by Crippen LogP contribution is -2.31. The number of rotatable bonds is 19. The maximum atomic E-state index is 13.6. The van der Waals surface area contributed by atoms with Gasteiger partial charge >= 0.3 is 11.9 Å². The average molecular weight is 625 g/mol. The Labute approximate surface area is 271 Å². The molecule has 45 heavy (non-hydrogen) atoms. The van der Waals surface area contributed by atoms with Crippen LogP contribution in [-0.4, -0.2) is 34.0 Å². The van der Waals surface area contributed by atoms with Gasteiger partial charge in [-0.15, -0.1) is 11.8 Å². The van der Waals surface area contributed by atoms with Gasteiger partial charge in [0.2, 0.25) is 0 Å². The second kappa shape index (κ2) is 18.8. The third-order valence-electron chi connectivity index (χ3n) is 7.95. The standard InChI is InChI=1S/C39H44O5S/c40-35(41)28-29-45-38(36(42)39(43)44-37(32-23-12-6-13-24-32)33-25-14-7-15-26-33)34-27-17-16-22-31(34)21-11-4-2-1-3-8-18-30-19-9-5-10-20-30/h5-7,9-10,12-17,19-20,22-27,36-38,42H,1-4,8,11,18,21,28-29H2,(H,40,41). The molecule has 2 unspecified atom stereocenters. The minimum atomic E-state index is -1.47. The fourth-order valence-electron chi connectivity index (χ4n) is 5.55. The van der Waals surface area contributed by atoms with E-state index in [1.165, 1.54) is 43.0 Å². The summed E-state index contributed by atoms with van der Waals surface area (Å²) in [5.74, 6) is -1.38. The second-order valence-electron chi connectivity index (χ2n) is 11.3. The summed E-state index contributed by atoms with van der Waals surface area (Å²) in [4.78, 5) is 24.9. The number of carbonyl (C=O) groups is 2. The van der Waals surface area contributed by atoms with Gasteiger partial charge in [-0.1, -0.05) is 141 Å². The molecule has 0 bridgehead atoms. The van der Waals surface area contributed by atoms with Crippen LogP contribution in [0.25, 0.3) is 0 Å². The molecule has 0 spiro atoms. The number of carbonyl (C=O) groups excluding carboxylic acids is 1. The number of ether oxygens (including phenoxy) is 1. The molecule has 0 fully saturated rings. The van der Waals surface area contributed by atoms with Gasteiger partial charge in [-0.3, -0.25) is 4.79 Å². The van der Waals surface area contributed by atoms with E-state index in [-0.39, 0.29) is 12.2 Å². The lowest BCUT2D eigenvalue weighted by atomic mass is 9.96. The van der Waals surface area contributed by atoms with Crippen LogP contribution in [0.3, 0.4) is 0 Å². The fourth-order valence-corrected chi connectivity index (χ4v) is 6.80. The van der Waals surface area contributed by atoms with Gasteiger partial charge in [-0.2, -0.15) is 0 Å². The Hall–Kier alpha value is -3.87. The highest BCUT2D eigenvalue weighted by Gasteiger charge is 2.33. The van der Waals surface area contributed by atoms with Crippen molar-refractivity contribution in [1.82, 2.24) is 0 Å². The number of hydrogen-bond acceptors (Lipinski definition) is 5. The Morgan fingerprint density at radius 3 is 1.76 bits per heavy atom. The van der Waals surface area contributed by atoms with E-state index >= 15 is 0 Å². The number of unbranched alkanes of at least 4 members (excludes halogenated alkanes) is 5. The van der Waals surface area contributed by atoms with E-state index in [1.807, 2.05) is 78.9 Å². The zero-order valence-electron chi connectivity index (χ0n) is 25.8. The number of thioether (sulfide) groups is 1. The largest absolute Gasteiger partial charge is 0.481 e. The van der Waals surface area contributed by atoms with Gasteiger partial charge in [0.15, 0.2) is 12.2 Å². The van der Waals surface area contributed by atoms with Crippen LogP contribution in [0.5, 0.6) is 0 Å². The first-order valence-corrected chi connectivity index (χ1v) is 17.0. The third kappa shape index (κ3) is 11.2. The molecule has 0 amide bonds. The summed E-state index contributed by atoms with van der Waals surface area (Å²) in [6.07, 6.45) is 6.65. The summed E-state index contributed by atoms with van der Waals surface area (Å²) >= 11 is 1.29. The Bertz CT molecular complexity index is 1390. The number of carboxylic acid groups (broad SMARTS) is 1. The molecule has 6 heteroatoms. The van der Waals surface area contributed by atoms with Gasteiger partial charge in [0.25, 0.3) is 0 Å². The van der Waals surface area contributed by atoms with Crippen LogP contribution in [0.1, 0.15) is 84.1 Å². The molecule has 2 N–H and O–H groups in total. The maximum absolute atomic E-state index is 13.6. The van der Waals surface area contributed by atoms with E-state index in [1.54, 1.807) is 0 Å². The van der Waals surface area contributed by atoms with Crippen LogP contribution in [0.4, 0.5) is 0 Å². The van der Waals surface area contributed by atoms with Gasteiger partial charge in [-0.25, -0.2) is 4.79 Å². The fraction of sp³-hybridized carbons (Fsp3) is 0.333. The Balaban J connectivity index is 1.39. The molecule has 0 radical (unpaired) electrons. The SMILES string of the molecule is O=C(O)CCSC(c1ccccc1CCCCCCCCc1ccccc1)C(O)C(=O)OC(c1ccccc1)c1ccccc1. The number of aliphatic hydroxyl groups excluding tert-OH is 1. The van der Waals surface area contributed by atoms with Crippen LogP contribution in [0, 0.1) is 0 Å². The number of carboxylic acids is 1. The van der Waals surface area contributed by atoms with Crippen molar-refractivity contribution in [1.29, 1.82) is 0 Å². The molecule has 0 aliphatic rings. The molecule has 0 saturated heterocycles. The molecule has 236 valence electrons. The predicted molar refractivity (Wildman–Crippen MR) is 182 cm³/mol. The van der Waals surface area contributed by atoms with Crippen LogP contribution in [-0.2, 0) is 27.2 Å². The number of aliphatic hydroxyl groups is 1. The molecule has 4 aromatic carbocycles. The van der Waals surface area contributed by atoms with E-state index < -0.39 is 29.4 Å². The van der Waals surface area contributed by atoms with Gasteiger partial charge in [0, 0.05) is 5.75 Å². The summed E-state index contributed by atoms with van der Waals surface area (Å²) in [7, 11) is 0. The van der Waals surface area contributed by atoms with Crippen LogP contribution < -0.4 is 0 Å². The Kier molecular flexibility index (Phi) is 14.2. The van der Waals surface area contributed by atoms with Crippen molar-refractivity contribution in [2.75, 3.05) is 5.75 Å². The van der Waals surface area contributed by atoms with Crippen molar-refractivity contribution in [2.24, 2.45) is 0 Å². The van der Waals surface area contributed by atoms with E-state index in [2.05, 4.69) is 36.4 Å². The van der Waals surface area contributed by atoms with Crippen molar-refractivity contribution in [3.63, 3.8) is 0 Å². The lowest BCUT2D eigenvalue weighted by molar-refractivity contribution is -0.157. The average Bonchev–Trinajstić information content (AvgIpc) is 3.08. The summed E-state index contributed by atoms with van der Waals surface area (Å²) in [5, 5.41) is 20.1. The highest BCUT2D eigenvalue weighted by Crippen LogP contribution is 2.37. The summed E-state index contributed by atoms with van der Waals surface area (Å²) < 4.78 is 6.01. The van der Waals surface area contributed by atoms with E-state index in [0.717, 1.165) is 47.9 Å². The van der Waals surface area contributed by atoms with Crippen LogP contribution in [0.15, 0.2) is 115 Å². The van der Waals surface area contributed by atoms with Gasteiger partial charge in [0.05, 0.1) is 11.7 Å². The molecular formula is C39H44O5S.